The number of amides is 2. The van der Waals surface area contributed by atoms with Crippen molar-refractivity contribution < 1.29 is 19.1 Å². The summed E-state index contributed by atoms with van der Waals surface area (Å²) in [6.07, 6.45) is 4.62. The Labute approximate surface area is 187 Å². The highest BCUT2D eigenvalue weighted by atomic mass is 32.2. The molecule has 2 N–H and O–H groups in total. The van der Waals surface area contributed by atoms with E-state index < -0.39 is 11.9 Å². The molecule has 1 aliphatic heterocycles. The molecule has 0 spiro atoms. The molecule has 3 aromatic rings. The summed E-state index contributed by atoms with van der Waals surface area (Å²) in [4.78, 5) is 37.5. The number of benzene rings is 1. The van der Waals surface area contributed by atoms with Gasteiger partial charge in [0.15, 0.2) is 6.61 Å². The molecule has 0 unspecified atom stereocenters. The Bertz CT molecular complexity index is 1100. The molecule has 0 saturated heterocycles. The Hall–Kier alpha value is -3.04. The van der Waals surface area contributed by atoms with Crippen molar-refractivity contribution in [1.29, 1.82) is 0 Å². The van der Waals surface area contributed by atoms with Crippen LogP contribution in [0.25, 0.3) is 5.00 Å². The van der Waals surface area contributed by atoms with Crippen LogP contribution in [0.2, 0.25) is 0 Å². The van der Waals surface area contributed by atoms with Gasteiger partial charge in [-0.3, -0.25) is 9.59 Å². The summed E-state index contributed by atoms with van der Waals surface area (Å²) in [5.41, 5.74) is 2.78. The monoisotopic (exact) mass is 455 g/mol. The average molecular weight is 456 g/mol. The van der Waals surface area contributed by atoms with Crippen LogP contribution in [0.5, 0.6) is 0 Å². The number of aromatic nitrogens is 1. The molecule has 4 rings (SSSR count). The van der Waals surface area contributed by atoms with E-state index in [1.54, 1.807) is 35.6 Å². The number of rotatable bonds is 6. The van der Waals surface area contributed by atoms with E-state index in [4.69, 9.17) is 4.74 Å². The molecule has 0 radical (unpaired) electrons. The predicted molar refractivity (Wildman–Crippen MR) is 123 cm³/mol. The quantitative estimate of drug-likeness (QED) is 0.547. The van der Waals surface area contributed by atoms with Crippen molar-refractivity contribution in [1.82, 2.24) is 4.57 Å². The fraction of sp³-hybridized carbons (Fsp3) is 0.227. The summed E-state index contributed by atoms with van der Waals surface area (Å²) < 4.78 is 7.30. The normalized spacial score (nSPS) is 12.7. The van der Waals surface area contributed by atoms with Gasteiger partial charge >= 0.3 is 5.97 Å². The molecule has 0 fully saturated rings. The molecule has 0 bridgehead atoms. The number of esters is 1. The second-order valence-electron chi connectivity index (χ2n) is 6.96. The highest BCUT2D eigenvalue weighted by Gasteiger charge is 2.27. The lowest BCUT2D eigenvalue weighted by Gasteiger charge is -2.13. The number of thioether (sulfide) groups is 1. The number of anilines is 2. The van der Waals surface area contributed by atoms with E-state index in [1.807, 2.05) is 40.9 Å². The number of nitrogens with zero attached hydrogens (tertiary/aromatic N) is 1. The van der Waals surface area contributed by atoms with E-state index in [0.29, 0.717) is 16.9 Å². The van der Waals surface area contributed by atoms with Crippen LogP contribution in [-0.4, -0.2) is 34.7 Å². The lowest BCUT2D eigenvalue weighted by Crippen LogP contribution is -2.22. The lowest BCUT2D eigenvalue weighted by atomic mass is 10.1. The van der Waals surface area contributed by atoms with Gasteiger partial charge < -0.3 is 19.9 Å². The average Bonchev–Trinajstić information content (AvgIpc) is 3.40. The zero-order valence-corrected chi connectivity index (χ0v) is 18.5. The van der Waals surface area contributed by atoms with Crippen LogP contribution in [0.15, 0.2) is 48.8 Å². The number of fused-ring (bicyclic) bond motifs is 1. The number of carbonyl (C=O) groups is 3. The van der Waals surface area contributed by atoms with Gasteiger partial charge in [-0.1, -0.05) is 0 Å². The summed E-state index contributed by atoms with van der Waals surface area (Å²) in [5, 5.41) is 6.18. The lowest BCUT2D eigenvalue weighted by molar-refractivity contribution is -0.119. The fourth-order valence-electron chi connectivity index (χ4n) is 3.32. The van der Waals surface area contributed by atoms with Crippen molar-refractivity contribution >= 4 is 52.3 Å². The van der Waals surface area contributed by atoms with Gasteiger partial charge in [-0.15, -0.1) is 11.3 Å². The maximum atomic E-state index is 12.9. The predicted octanol–water partition coefficient (Wildman–Crippen LogP) is 4.08. The number of nitrogens with one attached hydrogen (secondary N) is 2. The van der Waals surface area contributed by atoms with Crippen LogP contribution in [0, 0.1) is 0 Å². The van der Waals surface area contributed by atoms with Gasteiger partial charge in [-0.25, -0.2) is 4.79 Å². The maximum Gasteiger partial charge on any atom is 0.341 e. The van der Waals surface area contributed by atoms with E-state index in [-0.39, 0.29) is 12.5 Å². The Kier molecular flexibility index (Phi) is 6.43. The minimum Gasteiger partial charge on any atom is -0.452 e. The zero-order valence-electron chi connectivity index (χ0n) is 16.8. The van der Waals surface area contributed by atoms with Crippen molar-refractivity contribution in [3.63, 3.8) is 0 Å². The first kappa shape index (κ1) is 21.2. The van der Waals surface area contributed by atoms with Crippen LogP contribution < -0.4 is 10.6 Å². The third-order valence-corrected chi connectivity index (χ3v) is 7.08. The van der Waals surface area contributed by atoms with Crippen LogP contribution in [0.3, 0.4) is 0 Å². The molecule has 1 aliphatic rings. The number of hydrogen-bond acceptors (Lipinski definition) is 6. The van der Waals surface area contributed by atoms with Gasteiger partial charge in [-0.2, -0.15) is 11.8 Å². The van der Waals surface area contributed by atoms with E-state index in [2.05, 4.69) is 10.6 Å². The zero-order chi connectivity index (χ0) is 21.8. The summed E-state index contributed by atoms with van der Waals surface area (Å²) in [5.74, 6) is 0.768. The molecule has 7 nitrogen and oxygen atoms in total. The molecule has 2 amide bonds. The van der Waals surface area contributed by atoms with Gasteiger partial charge in [0, 0.05) is 41.3 Å². The highest BCUT2D eigenvalue weighted by molar-refractivity contribution is 7.98. The number of ether oxygens (including phenoxy) is 1. The molecule has 9 heteroatoms. The number of carbonyl (C=O) groups excluding carboxylic acids is 3. The van der Waals surface area contributed by atoms with Crippen molar-refractivity contribution in [3.05, 3.63) is 64.8 Å². The van der Waals surface area contributed by atoms with E-state index in [9.17, 15) is 14.4 Å². The third kappa shape index (κ3) is 5.00. The molecular formula is C22H21N3O4S2. The first-order chi connectivity index (χ1) is 15.0. The van der Waals surface area contributed by atoms with E-state index >= 15 is 0 Å². The summed E-state index contributed by atoms with van der Waals surface area (Å²) in [6.45, 7) is 1.05. The molecule has 160 valence electrons. The third-order valence-electron chi connectivity index (χ3n) is 4.67. The molecule has 0 aliphatic carbocycles. The fourth-order valence-corrected chi connectivity index (χ4v) is 5.76. The highest BCUT2D eigenvalue weighted by Crippen LogP contribution is 2.38. The largest absolute Gasteiger partial charge is 0.452 e. The van der Waals surface area contributed by atoms with Gasteiger partial charge in [0.05, 0.1) is 5.56 Å². The topological polar surface area (TPSA) is 89.4 Å². The molecule has 31 heavy (non-hydrogen) atoms. The first-order valence-electron chi connectivity index (χ1n) is 9.71. The first-order valence-corrected chi connectivity index (χ1v) is 11.7. The minimum absolute atomic E-state index is 0.169. The van der Waals surface area contributed by atoms with Crippen LogP contribution in [0.4, 0.5) is 11.4 Å². The van der Waals surface area contributed by atoms with Crippen molar-refractivity contribution in [2.75, 3.05) is 23.0 Å². The van der Waals surface area contributed by atoms with Crippen molar-refractivity contribution in [3.8, 4) is 5.00 Å². The van der Waals surface area contributed by atoms with Gasteiger partial charge in [0.1, 0.15) is 5.00 Å². The maximum absolute atomic E-state index is 12.9. The van der Waals surface area contributed by atoms with Crippen molar-refractivity contribution in [2.45, 2.75) is 19.1 Å². The molecule has 0 saturated carbocycles. The second kappa shape index (κ2) is 9.40. The van der Waals surface area contributed by atoms with Crippen molar-refractivity contribution in [2.24, 2.45) is 0 Å². The van der Waals surface area contributed by atoms with Crippen LogP contribution in [0.1, 0.15) is 27.7 Å². The van der Waals surface area contributed by atoms with E-state index in [1.165, 1.54) is 11.8 Å². The Morgan fingerprint density at radius 3 is 2.42 bits per heavy atom. The molecule has 2 aromatic heterocycles. The second-order valence-corrected chi connectivity index (χ2v) is 9.15. The summed E-state index contributed by atoms with van der Waals surface area (Å²) >= 11 is 3.46. The van der Waals surface area contributed by atoms with Gasteiger partial charge in [0.2, 0.25) is 5.91 Å². The molecule has 3 heterocycles. The minimum atomic E-state index is -0.482. The molecular weight excluding hydrogens is 434 g/mol. The Balaban J connectivity index is 1.42. The number of thiophene rings is 1. The smallest absolute Gasteiger partial charge is 0.341 e. The standard InChI is InChI=1S/C22H21N3O4S2/c1-14(26)23-15-4-6-16(7-5-15)24-19(27)12-29-22(28)20-17-8-11-30-13-18(17)31-21(20)25-9-2-3-10-25/h2-7,9-10H,8,11-13H2,1H3,(H,23,26)(H,24,27). The SMILES string of the molecule is CC(=O)Nc1ccc(NC(=O)COC(=O)c2c(-n3cccc3)sc3c2CCSC3)cc1. The Morgan fingerprint density at radius 1 is 1.06 bits per heavy atom. The van der Waals surface area contributed by atoms with Crippen LogP contribution in [-0.2, 0) is 26.5 Å². The summed E-state index contributed by atoms with van der Waals surface area (Å²) in [6, 6.07) is 10.5. The molecule has 0 atom stereocenters. The van der Waals surface area contributed by atoms with Gasteiger partial charge in [-0.05, 0) is 54.1 Å². The Morgan fingerprint density at radius 2 is 1.74 bits per heavy atom. The van der Waals surface area contributed by atoms with E-state index in [0.717, 1.165) is 28.5 Å². The summed E-state index contributed by atoms with van der Waals surface area (Å²) in [7, 11) is 0. The van der Waals surface area contributed by atoms with Gasteiger partial charge in [0.25, 0.3) is 5.91 Å². The van der Waals surface area contributed by atoms with Crippen LogP contribution >= 0.6 is 23.1 Å². The number of hydrogen-bond donors (Lipinski definition) is 2. The molecule has 1 aromatic carbocycles.